The minimum atomic E-state index is -0.0187. The molecule has 5 nitrogen and oxygen atoms in total. The van der Waals surface area contributed by atoms with Gasteiger partial charge in [-0.25, -0.2) is 4.98 Å². The highest BCUT2D eigenvalue weighted by molar-refractivity contribution is 5.97. The smallest absolute Gasteiger partial charge is 0.192 e. The van der Waals surface area contributed by atoms with Crippen LogP contribution in [0.1, 0.15) is 38.3 Å². The Labute approximate surface area is 107 Å². The van der Waals surface area contributed by atoms with Gasteiger partial charge >= 0.3 is 0 Å². The molecule has 1 aliphatic carbocycles. The van der Waals surface area contributed by atoms with Crippen LogP contribution in [0.15, 0.2) is 23.5 Å². The van der Waals surface area contributed by atoms with Crippen molar-refractivity contribution in [2.45, 2.75) is 38.7 Å². The summed E-state index contributed by atoms with van der Waals surface area (Å²) in [6, 6.07) is 3.59. The largest absolute Gasteiger partial charge is 0.488 e. The standard InChI is InChI=1S/C13H19N3O2/c1-9-4-6-10(7-5-9)18-11-3-2-8-15-12(11)13(14)16-17/h2-3,8-10,17H,4-7H2,1H3,(H2,14,16). The van der Waals surface area contributed by atoms with Gasteiger partial charge in [0.05, 0.1) is 6.10 Å². The second-order valence-corrected chi connectivity index (χ2v) is 4.84. The molecule has 0 spiro atoms. The molecule has 0 aliphatic heterocycles. The van der Waals surface area contributed by atoms with Crippen molar-refractivity contribution in [1.29, 1.82) is 0 Å². The van der Waals surface area contributed by atoms with Crippen LogP contribution < -0.4 is 10.5 Å². The third kappa shape index (κ3) is 2.91. The summed E-state index contributed by atoms with van der Waals surface area (Å²) in [5.41, 5.74) is 5.98. The van der Waals surface area contributed by atoms with Crippen LogP contribution in [0.25, 0.3) is 0 Å². The maximum absolute atomic E-state index is 8.72. The van der Waals surface area contributed by atoms with Crippen molar-refractivity contribution in [2.24, 2.45) is 16.8 Å². The number of ether oxygens (including phenoxy) is 1. The summed E-state index contributed by atoms with van der Waals surface area (Å²) in [7, 11) is 0. The lowest BCUT2D eigenvalue weighted by atomic mass is 9.89. The van der Waals surface area contributed by atoms with Gasteiger partial charge in [0.2, 0.25) is 0 Å². The zero-order valence-corrected chi connectivity index (χ0v) is 10.5. The second kappa shape index (κ2) is 5.71. The van der Waals surface area contributed by atoms with Crippen molar-refractivity contribution in [1.82, 2.24) is 4.98 Å². The molecule has 1 aliphatic rings. The van der Waals surface area contributed by atoms with E-state index in [1.54, 1.807) is 18.3 Å². The van der Waals surface area contributed by atoms with E-state index in [0.717, 1.165) is 18.8 Å². The lowest BCUT2D eigenvalue weighted by Gasteiger charge is -2.27. The van der Waals surface area contributed by atoms with E-state index in [0.29, 0.717) is 11.4 Å². The summed E-state index contributed by atoms with van der Waals surface area (Å²) in [4.78, 5) is 4.09. The Morgan fingerprint density at radius 3 is 2.83 bits per heavy atom. The molecule has 1 heterocycles. The summed E-state index contributed by atoms with van der Waals surface area (Å²) in [5.74, 6) is 1.35. The number of nitrogens with two attached hydrogens (primary N) is 1. The molecule has 1 aromatic heterocycles. The molecule has 1 aromatic rings. The molecule has 0 bridgehead atoms. The van der Waals surface area contributed by atoms with Crippen molar-refractivity contribution in [3.05, 3.63) is 24.0 Å². The second-order valence-electron chi connectivity index (χ2n) is 4.84. The average molecular weight is 249 g/mol. The number of rotatable bonds is 3. The number of hydrogen-bond donors (Lipinski definition) is 2. The fraction of sp³-hybridized carbons (Fsp3) is 0.538. The fourth-order valence-electron chi connectivity index (χ4n) is 2.25. The summed E-state index contributed by atoms with van der Waals surface area (Å²) in [6.45, 7) is 2.27. The van der Waals surface area contributed by atoms with Gasteiger partial charge in [0.1, 0.15) is 5.75 Å². The maximum Gasteiger partial charge on any atom is 0.192 e. The highest BCUT2D eigenvalue weighted by Gasteiger charge is 2.21. The minimum Gasteiger partial charge on any atom is -0.488 e. The van der Waals surface area contributed by atoms with Crippen LogP contribution in [0.5, 0.6) is 5.75 Å². The van der Waals surface area contributed by atoms with E-state index in [2.05, 4.69) is 17.1 Å². The van der Waals surface area contributed by atoms with E-state index >= 15 is 0 Å². The van der Waals surface area contributed by atoms with Gasteiger partial charge < -0.3 is 15.7 Å². The number of amidine groups is 1. The Kier molecular flexibility index (Phi) is 4.02. The third-order valence-electron chi connectivity index (χ3n) is 3.38. The lowest BCUT2D eigenvalue weighted by Crippen LogP contribution is -2.25. The van der Waals surface area contributed by atoms with E-state index in [4.69, 9.17) is 15.7 Å². The van der Waals surface area contributed by atoms with Crippen molar-refractivity contribution < 1.29 is 9.94 Å². The third-order valence-corrected chi connectivity index (χ3v) is 3.38. The van der Waals surface area contributed by atoms with E-state index in [1.165, 1.54) is 12.8 Å². The summed E-state index contributed by atoms with van der Waals surface area (Å²) >= 11 is 0. The average Bonchev–Trinajstić information content (AvgIpc) is 2.41. The Morgan fingerprint density at radius 1 is 1.44 bits per heavy atom. The number of hydrogen-bond acceptors (Lipinski definition) is 4. The summed E-state index contributed by atoms with van der Waals surface area (Å²) in [6.07, 6.45) is 6.27. The Balaban J connectivity index is 2.09. The van der Waals surface area contributed by atoms with Gasteiger partial charge in [-0.1, -0.05) is 12.1 Å². The van der Waals surface area contributed by atoms with Gasteiger partial charge in [-0.3, -0.25) is 0 Å². The molecule has 2 rings (SSSR count). The van der Waals surface area contributed by atoms with Crippen molar-refractivity contribution in [2.75, 3.05) is 0 Å². The first kappa shape index (κ1) is 12.7. The van der Waals surface area contributed by atoms with Gasteiger partial charge in [-0.15, -0.1) is 0 Å². The topological polar surface area (TPSA) is 80.7 Å². The predicted octanol–water partition coefficient (Wildman–Crippen LogP) is 2.13. The first-order valence-corrected chi connectivity index (χ1v) is 6.30. The monoisotopic (exact) mass is 249 g/mol. The zero-order chi connectivity index (χ0) is 13.0. The molecular formula is C13H19N3O2. The van der Waals surface area contributed by atoms with Crippen molar-refractivity contribution in [3.63, 3.8) is 0 Å². The Morgan fingerprint density at radius 2 is 2.17 bits per heavy atom. The van der Waals surface area contributed by atoms with Gasteiger partial charge in [-0.2, -0.15) is 0 Å². The van der Waals surface area contributed by atoms with E-state index < -0.39 is 0 Å². The van der Waals surface area contributed by atoms with Crippen molar-refractivity contribution in [3.8, 4) is 5.75 Å². The molecule has 18 heavy (non-hydrogen) atoms. The van der Waals surface area contributed by atoms with Crippen LogP contribution in [0, 0.1) is 5.92 Å². The molecule has 0 aromatic carbocycles. The van der Waals surface area contributed by atoms with Gasteiger partial charge in [0, 0.05) is 6.20 Å². The van der Waals surface area contributed by atoms with Crippen LogP contribution >= 0.6 is 0 Å². The molecule has 1 saturated carbocycles. The lowest BCUT2D eigenvalue weighted by molar-refractivity contribution is 0.135. The number of pyridine rings is 1. The minimum absolute atomic E-state index is 0.0187. The number of aromatic nitrogens is 1. The molecule has 0 radical (unpaired) electrons. The number of oxime groups is 1. The van der Waals surface area contributed by atoms with Gasteiger partial charge in [-0.05, 0) is 43.7 Å². The first-order valence-electron chi connectivity index (χ1n) is 6.30. The highest BCUT2D eigenvalue weighted by Crippen LogP contribution is 2.28. The predicted molar refractivity (Wildman–Crippen MR) is 68.8 cm³/mol. The van der Waals surface area contributed by atoms with Crippen LogP contribution in [0.2, 0.25) is 0 Å². The molecule has 5 heteroatoms. The first-order chi connectivity index (χ1) is 8.70. The Hall–Kier alpha value is -1.78. The van der Waals surface area contributed by atoms with Crippen LogP contribution in [0.3, 0.4) is 0 Å². The van der Waals surface area contributed by atoms with E-state index in [9.17, 15) is 0 Å². The quantitative estimate of drug-likeness (QED) is 0.372. The molecule has 0 unspecified atom stereocenters. The molecular weight excluding hydrogens is 230 g/mol. The van der Waals surface area contributed by atoms with E-state index in [1.807, 2.05) is 0 Å². The van der Waals surface area contributed by atoms with Gasteiger partial charge in [0.25, 0.3) is 0 Å². The van der Waals surface area contributed by atoms with Crippen LogP contribution in [0.4, 0.5) is 0 Å². The van der Waals surface area contributed by atoms with Gasteiger partial charge in [0.15, 0.2) is 11.5 Å². The maximum atomic E-state index is 8.72. The molecule has 0 amide bonds. The van der Waals surface area contributed by atoms with Crippen LogP contribution in [-0.2, 0) is 0 Å². The fourth-order valence-corrected chi connectivity index (χ4v) is 2.25. The SMILES string of the molecule is CC1CCC(Oc2cccnc2/C(N)=N/O)CC1. The molecule has 1 fully saturated rings. The normalized spacial score (nSPS) is 24.8. The molecule has 98 valence electrons. The highest BCUT2D eigenvalue weighted by atomic mass is 16.5. The Bertz CT molecular complexity index is 426. The molecule has 0 saturated heterocycles. The number of nitrogens with zero attached hydrogens (tertiary/aromatic N) is 2. The molecule has 3 N–H and O–H groups in total. The van der Waals surface area contributed by atoms with Crippen molar-refractivity contribution >= 4 is 5.84 Å². The summed E-state index contributed by atoms with van der Waals surface area (Å²) in [5, 5.41) is 11.7. The van der Waals surface area contributed by atoms with E-state index in [-0.39, 0.29) is 11.9 Å². The summed E-state index contributed by atoms with van der Waals surface area (Å²) < 4.78 is 5.92. The zero-order valence-electron chi connectivity index (χ0n) is 10.5. The molecule has 0 atom stereocenters. The van der Waals surface area contributed by atoms with Crippen LogP contribution in [-0.4, -0.2) is 22.1 Å².